The van der Waals surface area contributed by atoms with Gasteiger partial charge in [0.05, 0.1) is 0 Å². The maximum atomic E-state index is 6.72. The fraction of sp³-hybridized carbons (Fsp3) is 0.571. The first-order chi connectivity index (χ1) is 4.22. The van der Waals surface area contributed by atoms with Gasteiger partial charge < -0.3 is 5.41 Å². The first-order valence-electron chi connectivity index (χ1n) is 3.08. The molecule has 1 nitrogen and oxygen atoms in total. The summed E-state index contributed by atoms with van der Waals surface area (Å²) in [6, 6.07) is 0. The summed E-state index contributed by atoms with van der Waals surface area (Å²) in [6.07, 6.45) is 3.87. The number of halogens is 1. The van der Waals surface area contributed by atoms with Gasteiger partial charge in [0.25, 0.3) is 0 Å². The van der Waals surface area contributed by atoms with Crippen LogP contribution in [-0.2, 0) is 0 Å². The van der Waals surface area contributed by atoms with Crippen molar-refractivity contribution in [2.24, 2.45) is 5.92 Å². The zero-order chi connectivity index (χ0) is 7.28. The molecule has 0 fully saturated rings. The summed E-state index contributed by atoms with van der Waals surface area (Å²) in [6.45, 7) is 4.12. The van der Waals surface area contributed by atoms with Crippen molar-refractivity contribution in [1.82, 2.24) is 0 Å². The SMILES string of the molecule is CC[C@H](C)/C(Cl)=C/C=N. The average Bonchev–Trinajstić information content (AvgIpc) is 1.87. The van der Waals surface area contributed by atoms with Gasteiger partial charge in [-0.2, -0.15) is 0 Å². The molecule has 0 rings (SSSR count). The van der Waals surface area contributed by atoms with E-state index in [9.17, 15) is 0 Å². The third-order valence-electron chi connectivity index (χ3n) is 1.33. The molecule has 0 aromatic rings. The Labute approximate surface area is 61.2 Å². The largest absolute Gasteiger partial charge is 0.309 e. The highest BCUT2D eigenvalue weighted by Crippen LogP contribution is 2.16. The molecule has 0 radical (unpaired) electrons. The van der Waals surface area contributed by atoms with Crippen LogP contribution in [0.15, 0.2) is 11.1 Å². The van der Waals surface area contributed by atoms with Crippen LogP contribution in [0.3, 0.4) is 0 Å². The van der Waals surface area contributed by atoms with Crippen molar-refractivity contribution in [3.05, 3.63) is 11.1 Å². The van der Waals surface area contributed by atoms with Crippen LogP contribution in [0.4, 0.5) is 0 Å². The Kier molecular flexibility index (Phi) is 4.41. The van der Waals surface area contributed by atoms with Gasteiger partial charge >= 0.3 is 0 Å². The molecule has 0 aromatic carbocycles. The highest BCUT2D eigenvalue weighted by atomic mass is 35.5. The number of rotatable bonds is 3. The van der Waals surface area contributed by atoms with E-state index in [4.69, 9.17) is 17.0 Å². The van der Waals surface area contributed by atoms with Crippen molar-refractivity contribution in [2.75, 3.05) is 0 Å². The molecule has 1 N–H and O–H groups in total. The predicted molar refractivity (Wildman–Crippen MR) is 42.2 cm³/mol. The lowest BCUT2D eigenvalue weighted by molar-refractivity contribution is 0.686. The molecule has 0 saturated carbocycles. The first kappa shape index (κ1) is 8.70. The molecule has 0 aliphatic carbocycles. The van der Waals surface area contributed by atoms with Gasteiger partial charge in [-0.3, -0.25) is 0 Å². The van der Waals surface area contributed by atoms with E-state index in [0.29, 0.717) is 5.92 Å². The second-order valence-electron chi connectivity index (χ2n) is 2.03. The Bertz CT molecular complexity index is 118. The molecular formula is C7H12ClN. The molecule has 9 heavy (non-hydrogen) atoms. The van der Waals surface area contributed by atoms with Gasteiger partial charge in [0.1, 0.15) is 0 Å². The first-order valence-corrected chi connectivity index (χ1v) is 3.46. The molecule has 0 aliphatic rings. The minimum atomic E-state index is 0.397. The average molecular weight is 146 g/mol. The second-order valence-corrected chi connectivity index (χ2v) is 2.46. The standard InChI is InChI=1S/C7H12ClN/c1-3-6(2)7(8)4-5-9/h4-6,9H,3H2,1-2H3/b7-4-,9-5?/t6-/m0/s1. The van der Waals surface area contributed by atoms with Crippen LogP contribution < -0.4 is 0 Å². The number of hydrogen-bond donors (Lipinski definition) is 1. The molecule has 2 heteroatoms. The van der Waals surface area contributed by atoms with Crippen LogP contribution in [0.25, 0.3) is 0 Å². The van der Waals surface area contributed by atoms with Crippen LogP contribution in [0.5, 0.6) is 0 Å². The number of nitrogens with one attached hydrogen (secondary N) is 1. The van der Waals surface area contributed by atoms with E-state index in [2.05, 4.69) is 6.92 Å². The molecule has 0 aromatic heterocycles. The Morgan fingerprint density at radius 2 is 2.33 bits per heavy atom. The van der Waals surface area contributed by atoms with Gasteiger partial charge in [-0.1, -0.05) is 25.4 Å². The van der Waals surface area contributed by atoms with Gasteiger partial charge in [-0.25, -0.2) is 0 Å². The van der Waals surface area contributed by atoms with Crippen molar-refractivity contribution < 1.29 is 0 Å². The van der Waals surface area contributed by atoms with Crippen molar-refractivity contribution >= 4 is 17.8 Å². The number of hydrogen-bond acceptors (Lipinski definition) is 1. The lowest BCUT2D eigenvalue weighted by Gasteiger charge is -2.03. The zero-order valence-corrected chi connectivity index (χ0v) is 6.57. The minimum Gasteiger partial charge on any atom is -0.309 e. The summed E-state index contributed by atoms with van der Waals surface area (Å²) < 4.78 is 0. The summed E-state index contributed by atoms with van der Waals surface area (Å²) in [5.74, 6) is 0.397. The minimum absolute atomic E-state index is 0.397. The summed E-state index contributed by atoms with van der Waals surface area (Å²) in [5.41, 5.74) is 0. The van der Waals surface area contributed by atoms with Crippen molar-refractivity contribution in [3.8, 4) is 0 Å². The molecular weight excluding hydrogens is 134 g/mol. The maximum Gasteiger partial charge on any atom is 0.0224 e. The molecule has 0 amide bonds. The molecule has 0 saturated heterocycles. The summed E-state index contributed by atoms with van der Waals surface area (Å²) in [5, 5.41) is 7.49. The Morgan fingerprint density at radius 3 is 2.67 bits per heavy atom. The number of allylic oxidation sites excluding steroid dienone is 2. The van der Waals surface area contributed by atoms with E-state index < -0.39 is 0 Å². The molecule has 0 unspecified atom stereocenters. The summed E-state index contributed by atoms with van der Waals surface area (Å²) in [7, 11) is 0. The third kappa shape index (κ3) is 3.31. The van der Waals surface area contributed by atoms with E-state index in [1.54, 1.807) is 6.08 Å². The van der Waals surface area contributed by atoms with E-state index >= 15 is 0 Å². The van der Waals surface area contributed by atoms with Crippen molar-refractivity contribution in [1.29, 1.82) is 5.41 Å². The predicted octanol–water partition coefficient (Wildman–Crippen LogP) is 2.80. The van der Waals surface area contributed by atoms with E-state index in [0.717, 1.165) is 11.5 Å². The highest BCUT2D eigenvalue weighted by Gasteiger charge is 2.00. The molecule has 0 heterocycles. The van der Waals surface area contributed by atoms with Gasteiger partial charge in [0.15, 0.2) is 0 Å². The Morgan fingerprint density at radius 1 is 1.78 bits per heavy atom. The lowest BCUT2D eigenvalue weighted by atomic mass is 10.1. The van der Waals surface area contributed by atoms with E-state index in [1.807, 2.05) is 6.92 Å². The third-order valence-corrected chi connectivity index (χ3v) is 1.82. The topological polar surface area (TPSA) is 23.9 Å². The molecule has 0 aliphatic heterocycles. The van der Waals surface area contributed by atoms with E-state index in [1.165, 1.54) is 6.21 Å². The van der Waals surface area contributed by atoms with Crippen molar-refractivity contribution in [3.63, 3.8) is 0 Å². The second kappa shape index (κ2) is 4.57. The maximum absolute atomic E-state index is 6.72. The van der Waals surface area contributed by atoms with Crippen LogP contribution in [-0.4, -0.2) is 6.21 Å². The lowest BCUT2D eigenvalue weighted by Crippen LogP contribution is -1.90. The molecule has 0 bridgehead atoms. The zero-order valence-electron chi connectivity index (χ0n) is 5.82. The van der Waals surface area contributed by atoms with Gasteiger partial charge in [0, 0.05) is 11.2 Å². The molecule has 0 spiro atoms. The Balaban J connectivity index is 3.84. The quantitative estimate of drug-likeness (QED) is 0.591. The fourth-order valence-electron chi connectivity index (χ4n) is 0.439. The Hall–Kier alpha value is -0.300. The van der Waals surface area contributed by atoms with Crippen molar-refractivity contribution in [2.45, 2.75) is 20.3 Å². The van der Waals surface area contributed by atoms with Crippen LogP contribution in [0, 0.1) is 11.3 Å². The molecule has 52 valence electrons. The van der Waals surface area contributed by atoms with Gasteiger partial charge in [-0.15, -0.1) is 0 Å². The smallest absolute Gasteiger partial charge is 0.0224 e. The fourth-order valence-corrected chi connectivity index (χ4v) is 0.656. The van der Waals surface area contributed by atoms with Crippen LogP contribution in [0.2, 0.25) is 0 Å². The molecule has 1 atom stereocenters. The van der Waals surface area contributed by atoms with Crippen LogP contribution >= 0.6 is 11.6 Å². The van der Waals surface area contributed by atoms with Gasteiger partial charge in [-0.05, 0) is 18.4 Å². The van der Waals surface area contributed by atoms with Gasteiger partial charge in [0.2, 0.25) is 0 Å². The van der Waals surface area contributed by atoms with E-state index in [-0.39, 0.29) is 0 Å². The van der Waals surface area contributed by atoms with Crippen LogP contribution in [0.1, 0.15) is 20.3 Å². The highest BCUT2D eigenvalue weighted by molar-refractivity contribution is 6.30. The summed E-state index contributed by atoms with van der Waals surface area (Å²) in [4.78, 5) is 0. The monoisotopic (exact) mass is 145 g/mol. The normalized spacial score (nSPS) is 15.2. The summed E-state index contributed by atoms with van der Waals surface area (Å²) >= 11 is 5.74.